The molecule has 0 saturated carbocycles. The Bertz CT molecular complexity index is 983. The van der Waals surface area contributed by atoms with Crippen LogP contribution in [0.5, 0.6) is 0 Å². The topological polar surface area (TPSA) is 82.3 Å². The summed E-state index contributed by atoms with van der Waals surface area (Å²) >= 11 is 0. The van der Waals surface area contributed by atoms with E-state index >= 15 is 0 Å². The highest BCUT2D eigenvalue weighted by Crippen LogP contribution is 2.43. The molecule has 0 atom stereocenters. The molecule has 2 amide bonds. The molecular formula is C18H10F12N4O2. The molecule has 2 aromatic rings. The lowest BCUT2D eigenvalue weighted by molar-refractivity contribution is -0.144. The number of rotatable bonds is 4. The number of benzene rings is 2. The molecule has 18 heteroatoms. The van der Waals surface area contributed by atoms with E-state index in [1.807, 2.05) is 0 Å². The molecule has 0 aliphatic carbocycles. The molecule has 0 aliphatic rings. The molecule has 0 fully saturated rings. The van der Waals surface area contributed by atoms with Crippen molar-refractivity contribution in [1.82, 2.24) is 10.9 Å². The summed E-state index contributed by atoms with van der Waals surface area (Å²) in [6, 6.07) is 1.64. The van der Waals surface area contributed by atoms with Crippen molar-refractivity contribution in [3.8, 4) is 0 Å². The van der Waals surface area contributed by atoms with Gasteiger partial charge in [0, 0.05) is 0 Å². The van der Waals surface area contributed by atoms with Crippen LogP contribution in [-0.4, -0.2) is 11.8 Å². The lowest BCUT2D eigenvalue weighted by Crippen LogP contribution is -2.45. The van der Waals surface area contributed by atoms with Crippen molar-refractivity contribution >= 4 is 23.2 Å². The fraction of sp³-hybridized carbons (Fsp3) is 0.222. The lowest BCUT2D eigenvalue weighted by atomic mass is 10.1. The number of alkyl halides is 12. The first-order valence-corrected chi connectivity index (χ1v) is 8.91. The summed E-state index contributed by atoms with van der Waals surface area (Å²) < 4.78 is 157. The van der Waals surface area contributed by atoms with Crippen molar-refractivity contribution in [3.63, 3.8) is 0 Å². The van der Waals surface area contributed by atoms with Gasteiger partial charge in [-0.05, 0) is 24.3 Å². The van der Waals surface area contributed by atoms with E-state index in [2.05, 4.69) is 0 Å². The van der Waals surface area contributed by atoms with Gasteiger partial charge in [-0.2, -0.15) is 52.7 Å². The third kappa shape index (κ3) is 6.63. The van der Waals surface area contributed by atoms with Crippen LogP contribution < -0.4 is 21.7 Å². The fourth-order valence-electron chi connectivity index (χ4n) is 2.67. The van der Waals surface area contributed by atoms with E-state index in [-0.39, 0.29) is 24.3 Å². The summed E-state index contributed by atoms with van der Waals surface area (Å²) in [6.07, 6.45) is -21.5. The first-order valence-electron chi connectivity index (χ1n) is 8.91. The normalized spacial score (nSPS) is 12.7. The van der Waals surface area contributed by atoms with Gasteiger partial charge >= 0.3 is 36.5 Å². The summed E-state index contributed by atoms with van der Waals surface area (Å²) in [5.41, 5.74) is -6.26. The van der Waals surface area contributed by atoms with E-state index in [1.54, 1.807) is 0 Å². The molecule has 0 aliphatic heterocycles. The Morgan fingerprint density at radius 2 is 0.694 bits per heavy atom. The molecule has 0 heterocycles. The Morgan fingerprint density at radius 1 is 0.472 bits per heavy atom. The highest BCUT2D eigenvalue weighted by atomic mass is 19.4. The second kappa shape index (κ2) is 9.65. The van der Waals surface area contributed by atoms with E-state index in [9.17, 15) is 62.3 Å². The number of hydrazine groups is 2. The molecule has 6 nitrogen and oxygen atoms in total. The highest BCUT2D eigenvalue weighted by molar-refractivity contribution is 6.35. The summed E-state index contributed by atoms with van der Waals surface area (Å²) in [6.45, 7) is 0. The summed E-state index contributed by atoms with van der Waals surface area (Å²) in [7, 11) is 0. The van der Waals surface area contributed by atoms with Crippen LogP contribution in [0.2, 0.25) is 0 Å². The second-order valence-electron chi connectivity index (χ2n) is 6.61. The number of para-hydroxylation sites is 2. The maximum Gasteiger partial charge on any atom is 0.418 e. The van der Waals surface area contributed by atoms with Crippen molar-refractivity contribution in [1.29, 1.82) is 0 Å². The monoisotopic (exact) mass is 542 g/mol. The van der Waals surface area contributed by atoms with Crippen LogP contribution in [-0.2, 0) is 34.3 Å². The number of carbonyl (C=O) groups excluding carboxylic acids is 2. The van der Waals surface area contributed by atoms with Gasteiger partial charge in [-0.3, -0.25) is 31.3 Å². The van der Waals surface area contributed by atoms with Crippen molar-refractivity contribution in [2.45, 2.75) is 24.7 Å². The molecule has 0 radical (unpaired) electrons. The molecule has 0 spiro atoms. The third-order valence-corrected chi connectivity index (χ3v) is 4.16. The molecule has 2 rings (SSSR count). The zero-order valence-corrected chi connectivity index (χ0v) is 16.8. The van der Waals surface area contributed by atoms with Crippen molar-refractivity contribution in [2.75, 3.05) is 10.9 Å². The van der Waals surface area contributed by atoms with E-state index in [4.69, 9.17) is 0 Å². The molecule has 2 aromatic carbocycles. The van der Waals surface area contributed by atoms with Crippen LogP contribution in [0.3, 0.4) is 0 Å². The number of anilines is 2. The van der Waals surface area contributed by atoms with Gasteiger partial charge in [0.1, 0.15) is 0 Å². The first kappa shape index (κ1) is 28.4. The Morgan fingerprint density at radius 3 is 0.889 bits per heavy atom. The van der Waals surface area contributed by atoms with Crippen LogP contribution in [0.15, 0.2) is 36.4 Å². The van der Waals surface area contributed by atoms with Gasteiger partial charge in [0.05, 0.1) is 33.6 Å². The second-order valence-corrected chi connectivity index (χ2v) is 6.61. The van der Waals surface area contributed by atoms with E-state index in [0.29, 0.717) is 12.1 Å². The fourth-order valence-corrected chi connectivity index (χ4v) is 2.67. The van der Waals surface area contributed by atoms with Crippen LogP contribution in [0, 0.1) is 0 Å². The lowest BCUT2D eigenvalue weighted by Gasteiger charge is -2.21. The Balaban J connectivity index is 2.27. The SMILES string of the molecule is O=C(NNc1c(C(F)(F)F)cccc1C(F)(F)F)C(=O)NNc1c(C(F)(F)F)cccc1C(F)(F)F. The number of halogens is 12. The van der Waals surface area contributed by atoms with Crippen LogP contribution in [0.1, 0.15) is 22.3 Å². The maximum absolute atomic E-state index is 13.1. The Labute approximate surface area is 191 Å². The van der Waals surface area contributed by atoms with E-state index in [0.717, 1.165) is 10.9 Å². The minimum Gasteiger partial charge on any atom is -0.297 e. The number of hydrogen-bond acceptors (Lipinski definition) is 4. The minimum absolute atomic E-state index is 0.206. The summed E-state index contributed by atoms with van der Waals surface area (Å²) in [4.78, 5) is 23.6. The van der Waals surface area contributed by atoms with Crippen molar-refractivity contribution in [2.24, 2.45) is 0 Å². The van der Waals surface area contributed by atoms with Gasteiger partial charge in [0.2, 0.25) is 0 Å². The van der Waals surface area contributed by atoms with Crippen molar-refractivity contribution in [3.05, 3.63) is 58.7 Å². The predicted molar refractivity (Wildman–Crippen MR) is 96.4 cm³/mol. The number of hydrogen-bond donors (Lipinski definition) is 4. The molecule has 0 unspecified atom stereocenters. The van der Waals surface area contributed by atoms with E-state index in [1.165, 1.54) is 10.9 Å². The molecule has 0 aromatic heterocycles. The average molecular weight is 542 g/mol. The largest absolute Gasteiger partial charge is 0.418 e. The van der Waals surface area contributed by atoms with Gasteiger partial charge in [-0.25, -0.2) is 0 Å². The quantitative estimate of drug-likeness (QED) is 0.239. The Hall–Kier alpha value is -3.86. The van der Waals surface area contributed by atoms with Crippen molar-refractivity contribution < 1.29 is 62.3 Å². The van der Waals surface area contributed by atoms with E-state index < -0.39 is 70.1 Å². The van der Waals surface area contributed by atoms with Gasteiger partial charge in [-0.1, -0.05) is 12.1 Å². The maximum atomic E-state index is 13.1. The average Bonchev–Trinajstić information content (AvgIpc) is 2.72. The zero-order valence-electron chi connectivity index (χ0n) is 16.8. The van der Waals surface area contributed by atoms with Gasteiger partial charge in [-0.15, -0.1) is 0 Å². The smallest absolute Gasteiger partial charge is 0.297 e. The number of nitrogens with one attached hydrogen (secondary N) is 4. The third-order valence-electron chi connectivity index (χ3n) is 4.16. The molecule has 0 saturated heterocycles. The van der Waals surface area contributed by atoms with Gasteiger partial charge in [0.25, 0.3) is 0 Å². The molecule has 4 N–H and O–H groups in total. The first-order chi connectivity index (χ1) is 16.2. The summed E-state index contributed by atoms with van der Waals surface area (Å²) in [5.74, 6) is -4.16. The molecule has 198 valence electrons. The Kier molecular flexibility index (Phi) is 7.61. The zero-order chi connectivity index (χ0) is 27.7. The molecule has 0 bridgehead atoms. The minimum atomic E-state index is -5.37. The number of amides is 2. The number of carbonyl (C=O) groups is 2. The standard InChI is InChI=1S/C18H10F12N4O2/c19-15(20,21)7-3-1-4-8(16(22,23)24)11(7)31-33-13(35)14(36)34-32-12-9(17(25,26)27)5-2-6-10(12)18(28,29)30/h1-6,31-32H,(H,33,35)(H,34,36). The van der Waals surface area contributed by atoms with Gasteiger partial charge in [0.15, 0.2) is 0 Å². The molecular weight excluding hydrogens is 532 g/mol. The summed E-state index contributed by atoms with van der Waals surface area (Å²) in [5, 5.41) is 0. The highest BCUT2D eigenvalue weighted by Gasteiger charge is 2.42. The van der Waals surface area contributed by atoms with Crippen LogP contribution >= 0.6 is 0 Å². The van der Waals surface area contributed by atoms with Crippen LogP contribution in [0.25, 0.3) is 0 Å². The predicted octanol–water partition coefficient (Wildman–Crippen LogP) is 5.35. The van der Waals surface area contributed by atoms with Crippen LogP contribution in [0.4, 0.5) is 64.1 Å². The molecule has 36 heavy (non-hydrogen) atoms. The van der Waals surface area contributed by atoms with Gasteiger partial charge < -0.3 is 0 Å².